The Morgan fingerprint density at radius 2 is 1.74 bits per heavy atom. The van der Waals surface area contributed by atoms with E-state index in [1.807, 2.05) is 36.4 Å². The highest BCUT2D eigenvalue weighted by atomic mass is 35.5. The maximum atomic E-state index is 13.3. The van der Waals surface area contributed by atoms with Crippen LogP contribution in [-0.4, -0.2) is 23.4 Å². The third-order valence-electron chi connectivity index (χ3n) is 5.35. The van der Waals surface area contributed by atoms with Crippen molar-refractivity contribution in [2.24, 2.45) is 11.8 Å². The van der Waals surface area contributed by atoms with E-state index in [9.17, 15) is 9.59 Å². The number of aromatic nitrogens is 1. The zero-order valence-corrected chi connectivity index (χ0v) is 19.6. The average Bonchev–Trinajstić information content (AvgIpc) is 3.00. The minimum atomic E-state index is -0.395. The predicted molar refractivity (Wildman–Crippen MR) is 126 cm³/mol. The van der Waals surface area contributed by atoms with Crippen molar-refractivity contribution >= 4 is 34.3 Å². The van der Waals surface area contributed by atoms with E-state index in [-0.39, 0.29) is 11.7 Å². The first-order valence-corrected chi connectivity index (χ1v) is 11.1. The highest BCUT2D eigenvalue weighted by molar-refractivity contribution is 6.31. The van der Waals surface area contributed by atoms with Crippen LogP contribution in [0.5, 0.6) is 0 Å². The number of nitrogens with zero attached hydrogens (tertiary/aromatic N) is 1. The van der Waals surface area contributed by atoms with E-state index in [1.165, 1.54) is 7.11 Å². The Morgan fingerprint density at radius 3 is 2.35 bits per heavy atom. The molecule has 31 heavy (non-hydrogen) atoms. The van der Waals surface area contributed by atoms with Crippen molar-refractivity contribution in [3.63, 3.8) is 0 Å². The van der Waals surface area contributed by atoms with E-state index in [4.69, 9.17) is 16.3 Å². The summed E-state index contributed by atoms with van der Waals surface area (Å²) in [5, 5.41) is 1.56. The van der Waals surface area contributed by atoms with Gasteiger partial charge in [0.25, 0.3) is 0 Å². The van der Waals surface area contributed by atoms with Crippen LogP contribution >= 0.6 is 11.6 Å². The molecule has 0 radical (unpaired) electrons. The molecule has 3 aromatic rings. The van der Waals surface area contributed by atoms with Gasteiger partial charge in [0, 0.05) is 34.6 Å². The fourth-order valence-electron chi connectivity index (χ4n) is 4.01. The topological polar surface area (TPSA) is 48.3 Å². The van der Waals surface area contributed by atoms with Gasteiger partial charge in [-0.05, 0) is 42.0 Å². The molecule has 0 aliphatic carbocycles. The van der Waals surface area contributed by atoms with Crippen molar-refractivity contribution in [1.82, 2.24) is 4.57 Å². The Hall–Kier alpha value is -2.59. The molecule has 0 aliphatic rings. The Balaban J connectivity index is 2.31. The van der Waals surface area contributed by atoms with Crippen LogP contribution in [0.4, 0.5) is 0 Å². The van der Waals surface area contributed by atoms with Gasteiger partial charge in [0.15, 0.2) is 5.78 Å². The van der Waals surface area contributed by atoms with E-state index in [2.05, 4.69) is 32.3 Å². The van der Waals surface area contributed by atoms with Crippen LogP contribution in [-0.2, 0) is 17.7 Å². The second-order valence-electron chi connectivity index (χ2n) is 8.84. The van der Waals surface area contributed by atoms with Gasteiger partial charge in [0.1, 0.15) is 0 Å². The summed E-state index contributed by atoms with van der Waals surface area (Å²) in [6.45, 7) is 8.93. The predicted octanol–water partition coefficient (Wildman–Crippen LogP) is 6.56. The summed E-state index contributed by atoms with van der Waals surface area (Å²) in [6.07, 6.45) is 1.24. The molecule has 0 fully saturated rings. The zero-order valence-electron chi connectivity index (χ0n) is 18.9. The molecular weight excluding hydrogens is 410 g/mol. The Kier molecular flexibility index (Phi) is 7.22. The molecule has 164 valence electrons. The fourth-order valence-corrected chi connectivity index (χ4v) is 4.20. The lowest BCUT2D eigenvalue weighted by atomic mass is 9.95. The number of hydrogen-bond donors (Lipinski definition) is 0. The number of ether oxygens (including phenoxy) is 1. The van der Waals surface area contributed by atoms with Crippen LogP contribution in [0.1, 0.15) is 66.1 Å². The number of fused-ring (bicyclic) bond motifs is 1. The van der Waals surface area contributed by atoms with Gasteiger partial charge >= 0.3 is 5.97 Å². The lowest BCUT2D eigenvalue weighted by molar-refractivity contribution is 0.0600. The Labute approximate surface area is 189 Å². The third kappa shape index (κ3) is 5.01. The quantitative estimate of drug-likeness (QED) is 0.295. The largest absolute Gasteiger partial charge is 0.465 e. The highest BCUT2D eigenvalue weighted by Crippen LogP contribution is 2.33. The third-order valence-corrected chi connectivity index (χ3v) is 5.72. The number of methoxy groups -OCH3 is 1. The molecule has 0 saturated carbocycles. The van der Waals surface area contributed by atoms with E-state index in [0.29, 0.717) is 29.5 Å². The zero-order chi connectivity index (χ0) is 22.7. The maximum Gasteiger partial charge on any atom is 0.337 e. The van der Waals surface area contributed by atoms with E-state index in [1.54, 1.807) is 6.07 Å². The summed E-state index contributed by atoms with van der Waals surface area (Å²) < 4.78 is 7.08. The van der Waals surface area contributed by atoms with Gasteiger partial charge in [-0.3, -0.25) is 4.79 Å². The summed E-state index contributed by atoms with van der Waals surface area (Å²) in [4.78, 5) is 25.6. The number of hydrogen-bond acceptors (Lipinski definition) is 3. The number of carbonyl (C=O) groups excluding carboxylic acids is 2. The lowest BCUT2D eigenvalue weighted by Crippen LogP contribution is -2.12. The van der Waals surface area contributed by atoms with E-state index >= 15 is 0 Å². The first-order valence-electron chi connectivity index (χ1n) is 10.7. The molecule has 0 aliphatic heterocycles. The van der Waals surface area contributed by atoms with Crippen molar-refractivity contribution in [3.05, 3.63) is 69.9 Å². The fraction of sp³-hybridized carbons (Fsp3) is 0.385. The van der Waals surface area contributed by atoms with Gasteiger partial charge in [0.05, 0.1) is 18.2 Å². The smallest absolute Gasteiger partial charge is 0.337 e. The average molecular weight is 440 g/mol. The van der Waals surface area contributed by atoms with Gasteiger partial charge in [-0.25, -0.2) is 4.79 Å². The molecule has 5 heteroatoms. The van der Waals surface area contributed by atoms with Crippen LogP contribution in [0.2, 0.25) is 5.02 Å². The van der Waals surface area contributed by atoms with Gasteiger partial charge in [-0.1, -0.05) is 63.6 Å². The standard InChI is InChI=1S/C26H30ClNO3/c1-16(2)12-23-25(24(29)13-17(3)4)20-11-10-18(26(30)31-5)14-22(20)28(23)15-19-8-6-7-9-21(19)27/h6-11,14,16-17H,12-13,15H2,1-5H3. The van der Waals surface area contributed by atoms with Gasteiger partial charge in [-0.2, -0.15) is 0 Å². The second kappa shape index (κ2) is 9.69. The maximum absolute atomic E-state index is 13.3. The Bertz CT molecular complexity index is 1110. The molecule has 1 aromatic heterocycles. The van der Waals surface area contributed by atoms with Crippen molar-refractivity contribution < 1.29 is 14.3 Å². The monoisotopic (exact) mass is 439 g/mol. The van der Waals surface area contributed by atoms with Crippen LogP contribution in [0, 0.1) is 11.8 Å². The molecule has 0 N–H and O–H groups in total. The summed E-state index contributed by atoms with van der Waals surface area (Å²) in [6, 6.07) is 13.2. The van der Waals surface area contributed by atoms with E-state index < -0.39 is 5.97 Å². The van der Waals surface area contributed by atoms with Crippen LogP contribution in [0.3, 0.4) is 0 Å². The van der Waals surface area contributed by atoms with Crippen LogP contribution in [0.15, 0.2) is 42.5 Å². The molecule has 0 unspecified atom stereocenters. The number of carbonyl (C=O) groups is 2. The number of Topliss-reactive ketones (excluding diaryl/α,β-unsaturated/α-hetero) is 1. The molecule has 0 amide bonds. The number of halogens is 1. The first kappa shape index (κ1) is 23.1. The van der Waals surface area contributed by atoms with Gasteiger partial charge < -0.3 is 9.30 Å². The number of benzene rings is 2. The molecule has 0 spiro atoms. The summed E-state index contributed by atoms with van der Waals surface area (Å²) in [7, 11) is 1.37. The molecule has 4 nitrogen and oxygen atoms in total. The SMILES string of the molecule is COC(=O)c1ccc2c(C(=O)CC(C)C)c(CC(C)C)n(Cc3ccccc3Cl)c2c1. The number of rotatable bonds is 8. The van der Waals surface area contributed by atoms with Gasteiger partial charge in [-0.15, -0.1) is 0 Å². The highest BCUT2D eigenvalue weighted by Gasteiger charge is 2.25. The molecular formula is C26H30ClNO3. The molecule has 0 atom stereocenters. The van der Waals surface area contributed by atoms with Crippen LogP contribution < -0.4 is 0 Å². The first-order chi connectivity index (χ1) is 14.7. The second-order valence-corrected chi connectivity index (χ2v) is 9.25. The summed E-state index contributed by atoms with van der Waals surface area (Å²) in [5.74, 6) is 0.364. The molecule has 1 heterocycles. The molecule has 3 rings (SSSR count). The van der Waals surface area contributed by atoms with Crippen LogP contribution in [0.25, 0.3) is 10.9 Å². The minimum absolute atomic E-state index is 0.138. The minimum Gasteiger partial charge on any atom is -0.465 e. The van der Waals surface area contributed by atoms with Crippen molar-refractivity contribution in [1.29, 1.82) is 0 Å². The Morgan fingerprint density at radius 1 is 1.03 bits per heavy atom. The van der Waals surface area contributed by atoms with Crippen molar-refractivity contribution in [2.75, 3.05) is 7.11 Å². The summed E-state index contributed by atoms with van der Waals surface area (Å²) in [5.41, 5.74) is 4.05. The van der Waals surface area contributed by atoms with Gasteiger partial charge in [0.2, 0.25) is 0 Å². The summed E-state index contributed by atoms with van der Waals surface area (Å²) >= 11 is 6.47. The normalized spacial score (nSPS) is 11.5. The molecule has 2 aromatic carbocycles. The van der Waals surface area contributed by atoms with Crippen molar-refractivity contribution in [3.8, 4) is 0 Å². The van der Waals surface area contributed by atoms with E-state index in [0.717, 1.165) is 34.1 Å². The molecule has 0 saturated heterocycles. The molecule has 0 bridgehead atoms. The van der Waals surface area contributed by atoms with Crippen molar-refractivity contribution in [2.45, 2.75) is 47.1 Å². The number of ketones is 1. The number of esters is 1. The lowest BCUT2D eigenvalue weighted by Gasteiger charge is -2.15.